The van der Waals surface area contributed by atoms with E-state index in [0.717, 1.165) is 24.8 Å². The molecule has 4 nitrogen and oxygen atoms in total. The monoisotopic (exact) mass is 321 g/mol. The van der Waals surface area contributed by atoms with Crippen LogP contribution in [0.1, 0.15) is 56.9 Å². The van der Waals surface area contributed by atoms with Gasteiger partial charge >= 0.3 is 5.97 Å². The number of halogens is 1. The first kappa shape index (κ1) is 17.4. The van der Waals surface area contributed by atoms with Crippen LogP contribution in [-0.4, -0.2) is 23.5 Å². The number of carboxylic acid groups (broad SMARTS) is 1. The van der Waals surface area contributed by atoms with Gasteiger partial charge in [0, 0.05) is 13.0 Å². The first-order chi connectivity index (χ1) is 10.9. The summed E-state index contributed by atoms with van der Waals surface area (Å²) in [6.45, 7) is 2.09. The summed E-state index contributed by atoms with van der Waals surface area (Å²) in [4.78, 5) is 23.7. The summed E-state index contributed by atoms with van der Waals surface area (Å²) in [6.07, 6.45) is 4.36. The minimum atomic E-state index is -0.816. The lowest BCUT2D eigenvalue weighted by atomic mass is 9.74. The van der Waals surface area contributed by atoms with Crippen LogP contribution in [0, 0.1) is 11.2 Å². The SMILES string of the molecule is CC(CC(=O)NCC1(C(=O)O)CCCCC1)c1ccc(F)cc1. The standard InChI is InChI=1S/C18H24FNO3/c1-13(14-5-7-15(19)8-6-14)11-16(21)20-12-18(17(22)23)9-3-2-4-10-18/h5-8,13H,2-4,9-12H2,1H3,(H,20,21)(H,22,23). The second kappa shape index (κ2) is 7.57. The fraction of sp³-hybridized carbons (Fsp3) is 0.556. The molecule has 1 saturated carbocycles. The number of hydrogen-bond donors (Lipinski definition) is 2. The van der Waals surface area contributed by atoms with E-state index in [1.165, 1.54) is 12.1 Å². The molecule has 1 aromatic carbocycles. The van der Waals surface area contributed by atoms with Gasteiger partial charge in [0.2, 0.25) is 5.91 Å². The second-order valence-corrected chi connectivity index (χ2v) is 6.58. The van der Waals surface area contributed by atoms with Crippen molar-refractivity contribution in [3.63, 3.8) is 0 Å². The van der Waals surface area contributed by atoms with Gasteiger partial charge in [-0.1, -0.05) is 38.3 Å². The molecule has 1 unspecified atom stereocenters. The van der Waals surface area contributed by atoms with Crippen LogP contribution < -0.4 is 5.32 Å². The molecule has 2 rings (SSSR count). The fourth-order valence-electron chi connectivity index (χ4n) is 3.22. The van der Waals surface area contributed by atoms with Crippen LogP contribution in [0.5, 0.6) is 0 Å². The van der Waals surface area contributed by atoms with Crippen LogP contribution in [-0.2, 0) is 9.59 Å². The zero-order valence-corrected chi connectivity index (χ0v) is 13.5. The number of amides is 1. The molecule has 0 bridgehead atoms. The number of hydrogen-bond acceptors (Lipinski definition) is 2. The summed E-state index contributed by atoms with van der Waals surface area (Å²) in [6, 6.07) is 6.11. The Bertz CT molecular complexity index is 550. The van der Waals surface area contributed by atoms with Crippen LogP contribution in [0.2, 0.25) is 0 Å². The predicted molar refractivity (Wildman–Crippen MR) is 85.6 cm³/mol. The summed E-state index contributed by atoms with van der Waals surface area (Å²) in [5.74, 6) is -1.31. The van der Waals surface area contributed by atoms with Crippen molar-refractivity contribution in [2.75, 3.05) is 6.54 Å². The number of carboxylic acids is 1. The Hall–Kier alpha value is -1.91. The van der Waals surface area contributed by atoms with E-state index in [0.29, 0.717) is 12.8 Å². The number of carbonyl (C=O) groups is 2. The molecule has 1 atom stereocenters. The molecule has 1 fully saturated rings. The minimum Gasteiger partial charge on any atom is -0.481 e. The topological polar surface area (TPSA) is 66.4 Å². The maximum atomic E-state index is 12.9. The highest BCUT2D eigenvalue weighted by atomic mass is 19.1. The summed E-state index contributed by atoms with van der Waals surface area (Å²) in [5.41, 5.74) is 0.0830. The average Bonchev–Trinajstić information content (AvgIpc) is 2.54. The molecule has 0 aliphatic heterocycles. The zero-order chi connectivity index (χ0) is 16.9. The average molecular weight is 321 g/mol. The number of benzene rings is 1. The molecule has 0 aromatic heterocycles. The highest BCUT2D eigenvalue weighted by Crippen LogP contribution is 2.36. The lowest BCUT2D eigenvalue weighted by Crippen LogP contribution is -2.44. The Morgan fingerprint density at radius 1 is 1.22 bits per heavy atom. The number of rotatable bonds is 6. The summed E-state index contributed by atoms with van der Waals surface area (Å²) in [7, 11) is 0. The van der Waals surface area contributed by atoms with E-state index in [1.807, 2.05) is 6.92 Å². The molecule has 126 valence electrons. The van der Waals surface area contributed by atoms with Crippen molar-refractivity contribution in [1.29, 1.82) is 0 Å². The zero-order valence-electron chi connectivity index (χ0n) is 13.5. The summed E-state index contributed by atoms with van der Waals surface area (Å²) in [5, 5.41) is 12.3. The van der Waals surface area contributed by atoms with Crippen LogP contribution >= 0.6 is 0 Å². The molecule has 0 spiro atoms. The summed E-state index contributed by atoms with van der Waals surface area (Å²) < 4.78 is 12.9. The van der Waals surface area contributed by atoms with Crippen molar-refractivity contribution in [3.05, 3.63) is 35.6 Å². The number of nitrogens with one attached hydrogen (secondary N) is 1. The summed E-state index contributed by atoms with van der Waals surface area (Å²) >= 11 is 0. The van der Waals surface area contributed by atoms with Gasteiger partial charge < -0.3 is 10.4 Å². The third-order valence-electron chi connectivity index (χ3n) is 4.82. The van der Waals surface area contributed by atoms with Crippen molar-refractivity contribution < 1.29 is 19.1 Å². The van der Waals surface area contributed by atoms with Gasteiger partial charge in [0.1, 0.15) is 5.82 Å². The van der Waals surface area contributed by atoms with Gasteiger partial charge in [0.25, 0.3) is 0 Å². The van der Waals surface area contributed by atoms with Gasteiger partial charge in [0.15, 0.2) is 0 Å². The highest BCUT2D eigenvalue weighted by Gasteiger charge is 2.39. The molecule has 5 heteroatoms. The van der Waals surface area contributed by atoms with Crippen molar-refractivity contribution in [1.82, 2.24) is 5.32 Å². The van der Waals surface area contributed by atoms with E-state index in [4.69, 9.17) is 0 Å². The van der Waals surface area contributed by atoms with Gasteiger partial charge in [-0.05, 0) is 36.5 Å². The van der Waals surface area contributed by atoms with Gasteiger partial charge in [-0.2, -0.15) is 0 Å². The molecule has 0 saturated heterocycles. The Labute approximate surface area is 136 Å². The molecule has 0 heterocycles. The van der Waals surface area contributed by atoms with E-state index >= 15 is 0 Å². The Balaban J connectivity index is 1.88. The van der Waals surface area contributed by atoms with Crippen molar-refractivity contribution in [2.24, 2.45) is 5.41 Å². The molecule has 0 radical (unpaired) electrons. The third kappa shape index (κ3) is 4.53. The lowest BCUT2D eigenvalue weighted by molar-refractivity contribution is -0.151. The Kier molecular flexibility index (Phi) is 5.74. The largest absolute Gasteiger partial charge is 0.481 e. The molecule has 1 aliphatic rings. The molecule has 23 heavy (non-hydrogen) atoms. The first-order valence-electron chi connectivity index (χ1n) is 8.18. The fourth-order valence-corrected chi connectivity index (χ4v) is 3.22. The molecule has 1 amide bonds. The van der Waals surface area contributed by atoms with E-state index in [9.17, 15) is 19.1 Å². The molecule has 1 aliphatic carbocycles. The van der Waals surface area contributed by atoms with Crippen molar-refractivity contribution >= 4 is 11.9 Å². The van der Waals surface area contributed by atoms with Crippen LogP contribution in [0.15, 0.2) is 24.3 Å². The third-order valence-corrected chi connectivity index (χ3v) is 4.82. The highest BCUT2D eigenvalue weighted by molar-refractivity contribution is 5.79. The number of aliphatic carboxylic acids is 1. The first-order valence-corrected chi connectivity index (χ1v) is 8.18. The van der Waals surface area contributed by atoms with E-state index in [1.54, 1.807) is 12.1 Å². The molecular formula is C18H24FNO3. The number of carbonyl (C=O) groups excluding carboxylic acids is 1. The van der Waals surface area contributed by atoms with Gasteiger partial charge in [-0.25, -0.2) is 4.39 Å². The maximum Gasteiger partial charge on any atom is 0.311 e. The van der Waals surface area contributed by atoms with Crippen molar-refractivity contribution in [3.8, 4) is 0 Å². The Morgan fingerprint density at radius 2 is 1.83 bits per heavy atom. The van der Waals surface area contributed by atoms with Crippen molar-refractivity contribution in [2.45, 2.75) is 51.4 Å². The molecule has 1 aromatic rings. The lowest BCUT2D eigenvalue weighted by Gasteiger charge is -2.33. The Morgan fingerprint density at radius 3 is 2.39 bits per heavy atom. The molecular weight excluding hydrogens is 297 g/mol. The maximum absolute atomic E-state index is 12.9. The van der Waals surface area contributed by atoms with Crippen LogP contribution in [0.25, 0.3) is 0 Å². The van der Waals surface area contributed by atoms with Gasteiger partial charge in [-0.15, -0.1) is 0 Å². The second-order valence-electron chi connectivity index (χ2n) is 6.58. The van der Waals surface area contributed by atoms with Gasteiger partial charge in [-0.3, -0.25) is 9.59 Å². The smallest absolute Gasteiger partial charge is 0.311 e. The quantitative estimate of drug-likeness (QED) is 0.843. The van der Waals surface area contributed by atoms with Crippen LogP contribution in [0.3, 0.4) is 0 Å². The van der Waals surface area contributed by atoms with Gasteiger partial charge in [0.05, 0.1) is 5.41 Å². The molecule has 2 N–H and O–H groups in total. The van der Waals surface area contributed by atoms with E-state index in [2.05, 4.69) is 5.32 Å². The normalized spacial score (nSPS) is 18.2. The van der Waals surface area contributed by atoms with Crippen LogP contribution in [0.4, 0.5) is 4.39 Å². The predicted octanol–water partition coefficient (Wildman–Crippen LogP) is 3.47. The van der Waals surface area contributed by atoms with E-state index < -0.39 is 11.4 Å². The minimum absolute atomic E-state index is 0.0391. The van der Waals surface area contributed by atoms with E-state index in [-0.39, 0.29) is 30.6 Å².